The van der Waals surface area contributed by atoms with Crippen LogP contribution in [0.1, 0.15) is 27.7 Å². The van der Waals surface area contributed by atoms with E-state index in [1.165, 1.54) is 0 Å². The van der Waals surface area contributed by atoms with Crippen LogP contribution in [0.5, 0.6) is 0 Å². The van der Waals surface area contributed by atoms with E-state index in [-0.39, 0.29) is 12.2 Å². The van der Waals surface area contributed by atoms with E-state index in [0.29, 0.717) is 0 Å². The highest BCUT2D eigenvalue weighted by molar-refractivity contribution is 9.24. The van der Waals surface area contributed by atoms with Crippen LogP contribution in [0, 0.1) is 0 Å². The molecule has 4 heteroatoms. The second kappa shape index (κ2) is 5.29. The van der Waals surface area contributed by atoms with E-state index in [4.69, 9.17) is 8.85 Å². The van der Waals surface area contributed by atoms with Crippen molar-refractivity contribution in [3.63, 3.8) is 0 Å². The van der Waals surface area contributed by atoms with Crippen molar-refractivity contribution in [3.05, 3.63) is 0 Å². The van der Waals surface area contributed by atoms with E-state index in [1.807, 2.05) is 27.7 Å². The fraction of sp³-hybridized carbons (Fsp3) is 1.00. The van der Waals surface area contributed by atoms with Crippen molar-refractivity contribution in [2.75, 3.05) is 0 Å². The molecule has 0 saturated carbocycles. The van der Waals surface area contributed by atoms with Gasteiger partial charge in [-0.05, 0) is 27.7 Å². The van der Waals surface area contributed by atoms with Gasteiger partial charge in [0.2, 0.25) is 0 Å². The molecule has 0 atom stereocenters. The Labute approximate surface area is 72.3 Å². The molecule has 0 N–H and O–H groups in total. The second-order valence-corrected chi connectivity index (χ2v) is 5.98. The number of hydrogen-bond donors (Lipinski definition) is 0. The minimum atomic E-state index is -1.51. The summed E-state index contributed by atoms with van der Waals surface area (Å²) in [6.07, 6.45) is 0.518. The Kier molecular flexibility index (Phi) is 5.62. The molecule has 0 aromatic carbocycles. The summed E-state index contributed by atoms with van der Waals surface area (Å²) in [6.45, 7) is 8.02. The van der Waals surface area contributed by atoms with Gasteiger partial charge < -0.3 is 8.85 Å². The van der Waals surface area contributed by atoms with E-state index in [1.54, 1.807) is 0 Å². The van der Waals surface area contributed by atoms with Crippen LogP contribution in [-0.2, 0) is 8.85 Å². The van der Waals surface area contributed by atoms with Crippen LogP contribution in [0.25, 0.3) is 0 Å². The summed E-state index contributed by atoms with van der Waals surface area (Å²) in [4.78, 5) is 0. The maximum Gasteiger partial charge on any atom is 0.398 e. The Hall–Kier alpha value is 0.617. The van der Waals surface area contributed by atoms with Gasteiger partial charge in [-0.3, -0.25) is 0 Å². The molecule has 0 spiro atoms. The minimum Gasteiger partial charge on any atom is -0.386 e. The van der Waals surface area contributed by atoms with Crippen molar-refractivity contribution in [1.29, 1.82) is 0 Å². The van der Waals surface area contributed by atoms with Crippen LogP contribution in [-0.4, -0.2) is 20.1 Å². The first-order valence-corrected chi connectivity index (χ1v) is 7.60. The highest BCUT2D eigenvalue weighted by Crippen LogP contribution is 2.04. The van der Waals surface area contributed by atoms with Crippen molar-refractivity contribution in [2.45, 2.75) is 39.9 Å². The van der Waals surface area contributed by atoms with Gasteiger partial charge >= 0.3 is 7.90 Å². The van der Waals surface area contributed by atoms with Crippen molar-refractivity contribution in [1.82, 2.24) is 0 Å². The summed E-state index contributed by atoms with van der Waals surface area (Å²) in [7, 11) is -1.51. The molecule has 0 unspecified atom stereocenters. The van der Waals surface area contributed by atoms with Crippen LogP contribution in [0.2, 0.25) is 0 Å². The Morgan fingerprint density at radius 2 is 1.30 bits per heavy atom. The van der Waals surface area contributed by atoms with Crippen LogP contribution < -0.4 is 0 Å². The maximum absolute atomic E-state index is 5.39. The zero-order chi connectivity index (χ0) is 8.15. The van der Waals surface area contributed by atoms with Crippen molar-refractivity contribution in [2.24, 2.45) is 0 Å². The molecule has 0 aliphatic carbocycles. The molecule has 0 rings (SSSR count). The van der Waals surface area contributed by atoms with Gasteiger partial charge in [-0.1, -0.05) is 15.3 Å². The minimum absolute atomic E-state index is 0.259. The molecule has 10 heavy (non-hydrogen) atoms. The molecule has 62 valence electrons. The highest BCUT2D eigenvalue weighted by atomic mass is 79.9. The third kappa shape index (κ3) is 6.73. The molecular formula is C6H15BrO2Si. The van der Waals surface area contributed by atoms with E-state index in [2.05, 4.69) is 15.3 Å². The number of rotatable bonds is 4. The fourth-order valence-corrected chi connectivity index (χ4v) is 3.97. The largest absolute Gasteiger partial charge is 0.398 e. The Morgan fingerprint density at radius 1 is 1.00 bits per heavy atom. The molecule has 0 fully saturated rings. The zero-order valence-electron chi connectivity index (χ0n) is 6.93. The van der Waals surface area contributed by atoms with Crippen LogP contribution >= 0.6 is 15.3 Å². The lowest BCUT2D eigenvalue weighted by molar-refractivity contribution is 0.147. The summed E-state index contributed by atoms with van der Waals surface area (Å²) in [5, 5.41) is 0. The van der Waals surface area contributed by atoms with E-state index >= 15 is 0 Å². The molecule has 0 saturated heterocycles. The first-order chi connectivity index (χ1) is 4.52. The third-order valence-corrected chi connectivity index (χ3v) is 3.57. The highest BCUT2D eigenvalue weighted by Gasteiger charge is 2.11. The molecule has 0 amide bonds. The normalized spacial score (nSPS) is 12.0. The molecule has 2 nitrogen and oxygen atoms in total. The maximum atomic E-state index is 5.39. The molecule has 0 radical (unpaired) electrons. The Bertz CT molecular complexity index is 77.8. The molecule has 0 aromatic heterocycles. The first kappa shape index (κ1) is 10.6. The summed E-state index contributed by atoms with van der Waals surface area (Å²) < 4.78 is 10.8. The summed E-state index contributed by atoms with van der Waals surface area (Å²) in [5.74, 6) is 0. The van der Waals surface area contributed by atoms with Crippen LogP contribution in [0.3, 0.4) is 0 Å². The smallest absolute Gasteiger partial charge is 0.386 e. The lowest BCUT2D eigenvalue weighted by Gasteiger charge is -2.15. The van der Waals surface area contributed by atoms with Gasteiger partial charge in [0.15, 0.2) is 0 Å². The van der Waals surface area contributed by atoms with Gasteiger partial charge in [-0.25, -0.2) is 0 Å². The van der Waals surface area contributed by atoms with Gasteiger partial charge in [-0.2, -0.15) is 0 Å². The second-order valence-electron chi connectivity index (χ2n) is 2.64. The van der Waals surface area contributed by atoms with Crippen LogP contribution in [0.4, 0.5) is 0 Å². The average molecular weight is 227 g/mol. The third-order valence-electron chi connectivity index (χ3n) is 0.758. The number of halogens is 1. The lowest BCUT2D eigenvalue weighted by atomic mass is 10.5. The zero-order valence-corrected chi connectivity index (χ0v) is 9.67. The van der Waals surface area contributed by atoms with Gasteiger partial charge in [-0.15, -0.1) is 0 Å². The lowest BCUT2D eigenvalue weighted by Crippen LogP contribution is -2.23. The van der Waals surface area contributed by atoms with Gasteiger partial charge in [0.05, 0.1) is 0 Å². The molecular weight excluding hydrogens is 212 g/mol. The van der Waals surface area contributed by atoms with Gasteiger partial charge in [0, 0.05) is 12.2 Å². The first-order valence-electron chi connectivity index (χ1n) is 3.47. The van der Waals surface area contributed by atoms with Crippen molar-refractivity contribution in [3.8, 4) is 0 Å². The topological polar surface area (TPSA) is 18.5 Å². The van der Waals surface area contributed by atoms with Gasteiger partial charge in [0.25, 0.3) is 0 Å². The van der Waals surface area contributed by atoms with Crippen LogP contribution in [0.15, 0.2) is 0 Å². The summed E-state index contributed by atoms with van der Waals surface area (Å²) in [6, 6.07) is 0. The predicted octanol–water partition coefficient (Wildman–Crippen LogP) is 1.95. The molecule has 0 aromatic rings. The predicted molar refractivity (Wildman–Crippen MR) is 48.5 cm³/mol. The Balaban J connectivity index is 3.34. The SMILES string of the molecule is CC(C)O[SiH](Br)OC(C)C. The monoisotopic (exact) mass is 226 g/mol. The average Bonchev–Trinajstić information content (AvgIpc) is 1.58. The Morgan fingerprint density at radius 3 is 1.50 bits per heavy atom. The standard InChI is InChI=1S/C6H15BrO2Si/c1-5(2)8-10(7)9-6(3)4/h5-6,10H,1-4H3. The summed E-state index contributed by atoms with van der Waals surface area (Å²) in [5.41, 5.74) is 0. The molecule has 0 bridgehead atoms. The molecule has 0 heterocycles. The van der Waals surface area contributed by atoms with E-state index in [0.717, 1.165) is 0 Å². The van der Waals surface area contributed by atoms with E-state index < -0.39 is 7.90 Å². The van der Waals surface area contributed by atoms with Gasteiger partial charge in [0.1, 0.15) is 0 Å². The quantitative estimate of drug-likeness (QED) is 0.540. The van der Waals surface area contributed by atoms with Crippen molar-refractivity contribution < 1.29 is 8.85 Å². The number of hydrogen-bond acceptors (Lipinski definition) is 2. The summed E-state index contributed by atoms with van der Waals surface area (Å²) >= 11 is 3.37. The fourth-order valence-electron chi connectivity index (χ4n) is 0.460. The van der Waals surface area contributed by atoms with Crippen molar-refractivity contribution >= 4 is 23.2 Å². The van der Waals surface area contributed by atoms with E-state index in [9.17, 15) is 0 Å². The molecule has 0 aliphatic heterocycles. The molecule has 0 aliphatic rings.